The van der Waals surface area contributed by atoms with Gasteiger partial charge in [0.15, 0.2) is 0 Å². The van der Waals surface area contributed by atoms with Gasteiger partial charge in [-0.05, 0) is 49.2 Å². The molecule has 0 heterocycles. The first-order chi connectivity index (χ1) is 9.40. The van der Waals surface area contributed by atoms with Crippen molar-refractivity contribution < 1.29 is 9.68 Å². The fraction of sp³-hybridized carbons (Fsp3) is 0.571. The van der Waals surface area contributed by atoms with E-state index in [0.29, 0.717) is 6.61 Å². The molecule has 0 saturated heterocycles. The van der Waals surface area contributed by atoms with Crippen LogP contribution in [0.2, 0.25) is 0 Å². The lowest BCUT2D eigenvalue weighted by atomic mass is 9.85. The summed E-state index contributed by atoms with van der Waals surface area (Å²) in [4.78, 5) is 0.973. The van der Waals surface area contributed by atoms with Crippen LogP contribution in [0.25, 0.3) is 0 Å². The van der Waals surface area contributed by atoms with Crippen LogP contribution in [0.3, 0.4) is 0 Å². The van der Waals surface area contributed by atoms with Gasteiger partial charge in [0, 0.05) is 16.8 Å². The number of nitrogens with one attached hydrogen (secondary N) is 1. The van der Waals surface area contributed by atoms with Crippen LogP contribution in [0.15, 0.2) is 23.1 Å². The predicted molar refractivity (Wildman–Crippen MR) is 92.7 cm³/mol. The molecule has 0 amide bonds. The number of rotatable bonds is 6. The van der Waals surface area contributed by atoms with Crippen LogP contribution >= 0.6 is 28.6 Å². The van der Waals surface area contributed by atoms with Gasteiger partial charge in [-0.3, -0.25) is 0 Å². The minimum Gasteiger partial charge on any atom is -0.429 e. The molecule has 0 aliphatic carbocycles. The highest BCUT2D eigenvalue weighted by Gasteiger charge is 2.20. The molecule has 0 spiro atoms. The van der Waals surface area contributed by atoms with E-state index >= 15 is 0 Å². The minimum atomic E-state index is -0.0196. The molecular formula is C14H24BBrNO2S. The molecule has 3 nitrogen and oxygen atoms in total. The van der Waals surface area contributed by atoms with Crippen molar-refractivity contribution in [3.63, 3.8) is 0 Å². The highest BCUT2D eigenvalue weighted by Crippen LogP contribution is 2.26. The smallest absolute Gasteiger partial charge is 0.429 e. The van der Waals surface area contributed by atoms with E-state index < -0.39 is 0 Å². The van der Waals surface area contributed by atoms with Crippen molar-refractivity contribution in [3.8, 4) is 0 Å². The third-order valence-electron chi connectivity index (χ3n) is 2.55. The van der Waals surface area contributed by atoms with Crippen molar-refractivity contribution >= 4 is 36.2 Å². The van der Waals surface area contributed by atoms with Gasteiger partial charge in [0.05, 0.1) is 0 Å². The third kappa shape index (κ3) is 8.32. The highest BCUT2D eigenvalue weighted by molar-refractivity contribution is 9.08. The Bertz CT molecular complexity index is 391. The Balaban J connectivity index is 0.00000110. The largest absolute Gasteiger partial charge is 0.485 e. The molecule has 0 saturated carbocycles. The van der Waals surface area contributed by atoms with Crippen LogP contribution in [0.5, 0.6) is 0 Å². The second-order valence-electron chi connectivity index (χ2n) is 5.34. The number of halogens is 1. The number of alkyl halides is 1. The highest BCUT2D eigenvalue weighted by atomic mass is 79.9. The van der Waals surface area contributed by atoms with E-state index in [-0.39, 0.29) is 5.41 Å². The summed E-state index contributed by atoms with van der Waals surface area (Å²) in [5.41, 5.74) is 2.51. The average molecular weight is 361 g/mol. The van der Waals surface area contributed by atoms with Gasteiger partial charge in [-0.15, -0.1) is 12.6 Å². The Morgan fingerprint density at radius 2 is 1.95 bits per heavy atom. The molecule has 113 valence electrons. The van der Waals surface area contributed by atoms with Crippen molar-refractivity contribution in [1.82, 2.24) is 5.32 Å². The molecule has 1 rings (SSSR count). The van der Waals surface area contributed by atoms with Crippen molar-refractivity contribution in [3.05, 3.63) is 29.3 Å². The lowest BCUT2D eigenvalue weighted by molar-refractivity contribution is 0.166. The number of thiol groups is 1. The topological polar surface area (TPSA) is 41.5 Å². The summed E-state index contributed by atoms with van der Waals surface area (Å²) in [5.74, 6) is 0. The molecule has 0 aromatic heterocycles. The molecule has 1 radical (unpaired) electrons. The average Bonchev–Trinajstić information content (AvgIpc) is 2.39. The maximum Gasteiger partial charge on any atom is 0.485 e. The van der Waals surface area contributed by atoms with Gasteiger partial charge in [0.2, 0.25) is 0 Å². The van der Waals surface area contributed by atoms with Crippen LogP contribution in [-0.2, 0) is 16.4 Å². The van der Waals surface area contributed by atoms with Gasteiger partial charge in [-0.2, -0.15) is 0 Å². The van der Waals surface area contributed by atoms with Crippen molar-refractivity contribution in [2.24, 2.45) is 5.41 Å². The second kappa shape index (κ2) is 10.7. The van der Waals surface area contributed by atoms with E-state index in [1.54, 1.807) is 0 Å². The Kier molecular flexibility index (Phi) is 10.7. The zero-order chi connectivity index (χ0) is 15.6. The first-order valence-electron chi connectivity index (χ1n) is 6.43. The molecule has 0 fully saturated rings. The molecule has 0 unspecified atom stereocenters. The number of benzene rings is 1. The van der Waals surface area contributed by atoms with Gasteiger partial charge < -0.3 is 15.0 Å². The minimum absolute atomic E-state index is 0.0196. The van der Waals surface area contributed by atoms with Gasteiger partial charge in [0.1, 0.15) is 0 Å². The summed E-state index contributed by atoms with van der Waals surface area (Å²) >= 11 is 7.83. The third-order valence-corrected chi connectivity index (χ3v) is 3.43. The van der Waals surface area contributed by atoms with Crippen molar-refractivity contribution in [2.75, 3.05) is 20.7 Å². The van der Waals surface area contributed by atoms with E-state index in [4.69, 9.17) is 9.68 Å². The molecule has 2 N–H and O–H groups in total. The molecule has 0 atom stereocenters. The lowest BCUT2D eigenvalue weighted by Gasteiger charge is -2.25. The van der Waals surface area contributed by atoms with Crippen molar-refractivity contribution in [1.29, 1.82) is 0 Å². The molecule has 0 aliphatic heterocycles. The van der Waals surface area contributed by atoms with Gasteiger partial charge in [-0.1, -0.05) is 35.8 Å². The maximum absolute atomic E-state index is 8.57. The predicted octanol–water partition coefficient (Wildman–Crippen LogP) is 2.82. The molecular weight excluding hydrogens is 337 g/mol. The van der Waals surface area contributed by atoms with Gasteiger partial charge >= 0.3 is 7.69 Å². The zero-order valence-corrected chi connectivity index (χ0v) is 15.1. The fourth-order valence-corrected chi connectivity index (χ4v) is 2.49. The normalized spacial score (nSPS) is 10.8. The molecule has 1 aromatic carbocycles. The SMILES string of the molecule is CC(C)(CO[B]O)Cc1ccc(S)cc1CBr.CNC. The Labute approximate surface area is 137 Å². The van der Waals surface area contributed by atoms with E-state index in [9.17, 15) is 0 Å². The summed E-state index contributed by atoms with van der Waals surface area (Å²) in [6.45, 7) is 4.72. The summed E-state index contributed by atoms with van der Waals surface area (Å²) < 4.78 is 4.97. The maximum atomic E-state index is 8.57. The number of hydrogen-bond donors (Lipinski definition) is 3. The lowest BCUT2D eigenvalue weighted by Crippen LogP contribution is -2.23. The Morgan fingerprint density at radius 3 is 2.45 bits per heavy atom. The first kappa shape index (κ1) is 20.0. The van der Waals surface area contributed by atoms with Crippen LogP contribution in [-0.4, -0.2) is 33.4 Å². The van der Waals surface area contributed by atoms with Gasteiger partial charge in [0.25, 0.3) is 0 Å². The monoisotopic (exact) mass is 360 g/mol. The standard InChI is InChI=1S/C12H17BBrO2S.C2H7N/c1-12(2,8-16-13-15)6-9-3-4-11(17)5-10(9)7-14;1-3-2/h3-5,15,17H,6-8H2,1-2H3;3H,1-2H3. The Morgan fingerprint density at radius 1 is 1.35 bits per heavy atom. The fourth-order valence-electron chi connectivity index (χ4n) is 1.74. The van der Waals surface area contributed by atoms with Crippen LogP contribution in [0, 0.1) is 5.41 Å². The molecule has 6 heteroatoms. The number of hydrogen-bond acceptors (Lipinski definition) is 4. The second-order valence-corrected chi connectivity index (χ2v) is 6.42. The summed E-state index contributed by atoms with van der Waals surface area (Å²) in [5, 5.41) is 12.1. The quantitative estimate of drug-likeness (QED) is 0.415. The summed E-state index contributed by atoms with van der Waals surface area (Å²) in [6, 6.07) is 6.17. The van der Waals surface area contributed by atoms with Gasteiger partial charge in [-0.25, -0.2) is 0 Å². The molecule has 0 bridgehead atoms. The first-order valence-corrected chi connectivity index (χ1v) is 7.99. The summed E-state index contributed by atoms with van der Waals surface area (Å²) in [7, 11) is 4.50. The van der Waals surface area contributed by atoms with E-state index in [1.807, 2.05) is 20.2 Å². The van der Waals surface area contributed by atoms with Crippen LogP contribution in [0.4, 0.5) is 0 Å². The Hall–Kier alpha value is -0.00506. The molecule has 1 aromatic rings. The molecule has 20 heavy (non-hydrogen) atoms. The van der Waals surface area contributed by atoms with E-state index in [1.165, 1.54) is 11.1 Å². The molecule has 0 aliphatic rings. The summed E-state index contributed by atoms with van der Waals surface area (Å²) in [6.07, 6.45) is 0.899. The zero-order valence-electron chi connectivity index (χ0n) is 12.6. The van der Waals surface area contributed by atoms with Crippen LogP contribution < -0.4 is 5.32 Å². The van der Waals surface area contributed by atoms with E-state index in [0.717, 1.165) is 24.3 Å². The van der Waals surface area contributed by atoms with Crippen LogP contribution in [0.1, 0.15) is 25.0 Å². The van der Waals surface area contributed by atoms with E-state index in [2.05, 4.69) is 59.9 Å². The van der Waals surface area contributed by atoms with Crippen molar-refractivity contribution in [2.45, 2.75) is 30.5 Å².